The predicted octanol–water partition coefficient (Wildman–Crippen LogP) is 3.80. The molecule has 3 unspecified atom stereocenters. The molecule has 9 nitrogen and oxygen atoms in total. The topological polar surface area (TPSA) is 124 Å². The minimum atomic E-state index is -1.63. The summed E-state index contributed by atoms with van der Waals surface area (Å²) >= 11 is 5.66. The third-order valence-electron chi connectivity index (χ3n) is 6.77. The maximum absolute atomic E-state index is 13.4. The lowest BCUT2D eigenvalue weighted by atomic mass is 9.64. The number of imide groups is 3. The number of rotatable bonds is 6. The van der Waals surface area contributed by atoms with Gasteiger partial charge < -0.3 is 19.8 Å². The van der Waals surface area contributed by atoms with E-state index >= 15 is 0 Å². The summed E-state index contributed by atoms with van der Waals surface area (Å²) in [6.45, 7) is 7.34. The first kappa shape index (κ1) is 28.5. The molecule has 0 aliphatic carbocycles. The lowest BCUT2D eigenvalue weighted by molar-refractivity contribution is -0.156. The van der Waals surface area contributed by atoms with E-state index in [9.17, 15) is 29.4 Å². The van der Waals surface area contributed by atoms with Gasteiger partial charge in [-0.15, -0.1) is 11.6 Å². The van der Waals surface area contributed by atoms with Crippen molar-refractivity contribution >= 4 is 41.1 Å². The van der Waals surface area contributed by atoms with Crippen LogP contribution in [0.3, 0.4) is 0 Å². The first-order valence-electron chi connectivity index (χ1n) is 12.2. The lowest BCUT2D eigenvalue weighted by Gasteiger charge is -2.46. The number of carbonyl (C=O) groups excluding carboxylic acids is 3. The van der Waals surface area contributed by atoms with Gasteiger partial charge in [0.05, 0.1) is 11.5 Å². The molecule has 2 aliphatic rings. The number of halogens is 1. The molecule has 2 aliphatic heterocycles. The van der Waals surface area contributed by atoms with E-state index in [0.717, 1.165) is 0 Å². The highest BCUT2D eigenvalue weighted by Gasteiger charge is 2.64. The van der Waals surface area contributed by atoms with Crippen molar-refractivity contribution in [2.45, 2.75) is 71.4 Å². The zero-order valence-electron chi connectivity index (χ0n) is 21.5. The van der Waals surface area contributed by atoms with Gasteiger partial charge in [-0.2, -0.15) is 4.90 Å². The Morgan fingerprint density at radius 2 is 1.81 bits per heavy atom. The van der Waals surface area contributed by atoms with E-state index in [1.807, 2.05) is 20.8 Å². The van der Waals surface area contributed by atoms with Crippen LogP contribution in [0.1, 0.15) is 59.8 Å². The smallest absolute Gasteiger partial charge is 0.421 e. The monoisotopic (exact) mass is 532 g/mol. The Labute approximate surface area is 221 Å². The van der Waals surface area contributed by atoms with E-state index in [4.69, 9.17) is 16.3 Å². The number of carbonyl (C=O) groups is 4. The van der Waals surface area contributed by atoms with Gasteiger partial charge in [-0.1, -0.05) is 32.6 Å². The van der Waals surface area contributed by atoms with E-state index in [2.05, 4.69) is 11.8 Å². The summed E-state index contributed by atoms with van der Waals surface area (Å²) in [5.74, 6) is 4.59. The van der Waals surface area contributed by atoms with Gasteiger partial charge in [-0.05, 0) is 55.9 Å². The van der Waals surface area contributed by atoms with Crippen LogP contribution in [0.25, 0.3) is 0 Å². The second kappa shape index (κ2) is 10.7. The van der Waals surface area contributed by atoms with Gasteiger partial charge >= 0.3 is 6.09 Å². The molecule has 1 spiro atoms. The minimum absolute atomic E-state index is 0.0559. The Morgan fingerprint density at radius 1 is 1.16 bits per heavy atom. The number of piperidine rings is 1. The average Bonchev–Trinajstić information content (AvgIpc) is 3.12. The van der Waals surface area contributed by atoms with Gasteiger partial charge in [0, 0.05) is 24.4 Å². The molecule has 0 radical (unpaired) electrons. The zero-order chi connectivity index (χ0) is 27.6. The Kier molecular flexibility index (Phi) is 8.25. The summed E-state index contributed by atoms with van der Waals surface area (Å²) in [6, 6.07) is 6.08. The number of hydrogen-bond donors (Lipinski definition) is 2. The second-order valence-electron chi connectivity index (χ2n) is 10.8. The molecule has 2 saturated heterocycles. The second-order valence-corrected chi connectivity index (χ2v) is 11.2. The van der Waals surface area contributed by atoms with Gasteiger partial charge in [0.15, 0.2) is 0 Å². The summed E-state index contributed by atoms with van der Waals surface area (Å²) in [5, 5.41) is 19.7. The fourth-order valence-electron chi connectivity index (χ4n) is 5.37. The fraction of sp³-hybridized carbons (Fsp3) is 0.556. The van der Waals surface area contributed by atoms with Crippen LogP contribution in [0.2, 0.25) is 0 Å². The van der Waals surface area contributed by atoms with E-state index in [0.29, 0.717) is 30.2 Å². The molecule has 37 heavy (non-hydrogen) atoms. The highest BCUT2D eigenvalue weighted by molar-refractivity contribution is 6.17. The molecular formula is C27H33ClN2O7. The zero-order valence-corrected chi connectivity index (χ0v) is 22.3. The Hall–Kier alpha value is -3.09. The molecule has 3 rings (SSSR count). The lowest BCUT2D eigenvalue weighted by Crippen LogP contribution is -2.61. The summed E-state index contributed by atoms with van der Waals surface area (Å²) in [7, 11) is 0. The predicted molar refractivity (Wildman–Crippen MR) is 137 cm³/mol. The van der Waals surface area contributed by atoms with E-state index in [1.165, 1.54) is 0 Å². The Morgan fingerprint density at radius 3 is 2.38 bits per heavy atom. The first-order valence-corrected chi connectivity index (χ1v) is 12.7. The Balaban J connectivity index is 1.83. The number of aliphatic hydroxyl groups is 1. The van der Waals surface area contributed by atoms with Gasteiger partial charge in [-0.25, -0.2) is 4.79 Å². The highest BCUT2D eigenvalue weighted by Crippen LogP contribution is 2.53. The van der Waals surface area contributed by atoms with Crippen molar-refractivity contribution < 1.29 is 34.1 Å². The number of carboxylic acid groups (broad SMARTS) is 1. The molecule has 1 aromatic carbocycles. The van der Waals surface area contributed by atoms with Crippen LogP contribution in [0.5, 0.6) is 5.75 Å². The maximum Gasteiger partial charge on any atom is 0.421 e. The first-order chi connectivity index (χ1) is 17.2. The molecule has 4 amide bonds. The van der Waals surface area contributed by atoms with Crippen LogP contribution in [0.4, 0.5) is 10.5 Å². The quantitative estimate of drug-likeness (QED) is 0.324. The molecule has 2 heterocycles. The van der Waals surface area contributed by atoms with Gasteiger partial charge in [0.1, 0.15) is 18.0 Å². The molecule has 3 atom stereocenters. The van der Waals surface area contributed by atoms with Gasteiger partial charge in [0.2, 0.25) is 17.7 Å². The number of ether oxygens (including phenoxy) is 1. The molecule has 200 valence electrons. The average molecular weight is 533 g/mol. The summed E-state index contributed by atoms with van der Waals surface area (Å²) in [4.78, 5) is 52.4. The molecule has 0 bridgehead atoms. The normalized spacial score (nSPS) is 23.6. The van der Waals surface area contributed by atoms with E-state index in [1.54, 1.807) is 36.1 Å². The van der Waals surface area contributed by atoms with Crippen LogP contribution in [0.15, 0.2) is 24.3 Å². The van der Waals surface area contributed by atoms with E-state index < -0.39 is 40.4 Å². The van der Waals surface area contributed by atoms with Crippen molar-refractivity contribution in [2.24, 2.45) is 10.8 Å². The van der Waals surface area contributed by atoms with Gasteiger partial charge in [-0.3, -0.25) is 14.4 Å². The number of alkyl halides is 1. The highest BCUT2D eigenvalue weighted by atomic mass is 35.5. The van der Waals surface area contributed by atoms with Crippen molar-refractivity contribution in [3.63, 3.8) is 0 Å². The van der Waals surface area contributed by atoms with E-state index in [-0.39, 0.29) is 36.7 Å². The van der Waals surface area contributed by atoms with Crippen molar-refractivity contribution in [3.8, 4) is 17.6 Å². The van der Waals surface area contributed by atoms with Crippen molar-refractivity contribution in [2.75, 3.05) is 17.4 Å². The minimum Gasteiger partial charge on any atom is -0.481 e. The van der Waals surface area contributed by atoms with Crippen LogP contribution in [-0.2, 0) is 14.4 Å². The molecular weight excluding hydrogens is 500 g/mol. The third-order valence-corrected chi connectivity index (χ3v) is 7.04. The largest absolute Gasteiger partial charge is 0.481 e. The fourth-order valence-corrected chi connectivity index (χ4v) is 5.50. The summed E-state index contributed by atoms with van der Waals surface area (Å²) in [5.41, 5.74) is -2.53. The molecule has 0 saturated carbocycles. The van der Waals surface area contributed by atoms with Crippen LogP contribution < -0.4 is 9.64 Å². The Bertz CT molecular complexity index is 1130. The standard InChI is InChI=1S/C27H33ClN2O7/c1-25(2,3)22-27(14-11-20(31)30(23(27)33)24(34)35)17-21(32)29(22)18-7-9-19(10-8-18)37-16-6-13-26(4,36)12-5-15-28/h7-10,22,36H,5,11-12,14-17H2,1-4H3,(H,34,35). The van der Waals surface area contributed by atoms with Crippen molar-refractivity contribution in [3.05, 3.63) is 24.3 Å². The maximum atomic E-state index is 13.4. The SMILES string of the molecule is CC(O)(C#CCOc1ccc(N2C(=O)CC3(CCC(=O)N(C(=O)O)C3=O)C2C(C)(C)C)cc1)CCCCl. The van der Waals surface area contributed by atoms with Crippen LogP contribution >= 0.6 is 11.6 Å². The molecule has 2 N–H and O–H groups in total. The van der Waals surface area contributed by atoms with Gasteiger partial charge in [0.25, 0.3) is 0 Å². The number of hydrogen-bond acceptors (Lipinski definition) is 6. The number of nitrogens with zero attached hydrogens (tertiary/aromatic N) is 2. The molecule has 10 heteroatoms. The number of anilines is 1. The number of benzene rings is 1. The van der Waals surface area contributed by atoms with Crippen LogP contribution in [0, 0.1) is 22.7 Å². The molecule has 1 aromatic rings. The van der Waals surface area contributed by atoms with Crippen LogP contribution in [-0.4, -0.2) is 63.1 Å². The van der Waals surface area contributed by atoms with Crippen molar-refractivity contribution in [1.82, 2.24) is 4.90 Å². The number of amides is 4. The summed E-state index contributed by atoms with van der Waals surface area (Å²) < 4.78 is 5.65. The van der Waals surface area contributed by atoms with Crippen molar-refractivity contribution in [1.29, 1.82) is 0 Å². The molecule has 0 aromatic heterocycles. The molecule has 2 fully saturated rings. The number of likely N-dealkylation sites (tertiary alicyclic amines) is 1. The summed E-state index contributed by atoms with van der Waals surface area (Å²) in [6.07, 6.45) is -0.723. The third kappa shape index (κ3) is 5.91.